The second-order valence-corrected chi connectivity index (χ2v) is 5.35. The van der Waals surface area contributed by atoms with Crippen LogP contribution in [0.4, 0.5) is 15.8 Å². The molecule has 0 aliphatic carbocycles. The largest absolute Gasteiger partial charge is 0.393 e. The molecule has 3 N–H and O–H groups in total. The first-order valence-electron chi connectivity index (χ1n) is 7.19. The normalized spacial score (nSPS) is 18.9. The summed E-state index contributed by atoms with van der Waals surface area (Å²) in [6.07, 6.45) is 1.77. The number of hydrogen-bond donors (Lipinski definition) is 2. The molecule has 1 aliphatic heterocycles. The molecule has 1 amide bonds. The summed E-state index contributed by atoms with van der Waals surface area (Å²) in [7, 11) is 0. The minimum atomic E-state index is -0.857. The van der Waals surface area contributed by atoms with Gasteiger partial charge in [0.25, 0.3) is 11.6 Å². The number of likely N-dealkylation sites (N-methyl/N-ethyl adjacent to an activating group) is 1. The lowest BCUT2D eigenvalue weighted by molar-refractivity contribution is -0.384. The minimum Gasteiger partial charge on any atom is -0.393 e. The predicted octanol–water partition coefficient (Wildman–Crippen LogP) is 1.53. The molecular weight excluding hydrogens is 291 g/mol. The Balaban J connectivity index is 2.17. The van der Waals surface area contributed by atoms with Crippen molar-refractivity contribution in [1.29, 1.82) is 0 Å². The number of piperidine rings is 1. The van der Waals surface area contributed by atoms with Crippen LogP contribution in [-0.2, 0) is 0 Å². The van der Waals surface area contributed by atoms with Gasteiger partial charge in [-0.25, -0.2) is 4.39 Å². The summed E-state index contributed by atoms with van der Waals surface area (Å²) in [5.41, 5.74) is 4.53. The summed E-state index contributed by atoms with van der Waals surface area (Å²) in [6.45, 7) is 4.62. The zero-order valence-electron chi connectivity index (χ0n) is 12.3. The number of anilines is 1. The van der Waals surface area contributed by atoms with Gasteiger partial charge in [-0.1, -0.05) is 6.92 Å². The molecule has 7 nitrogen and oxygen atoms in total. The number of halogens is 1. The number of rotatable bonds is 4. The Morgan fingerprint density at radius 3 is 2.95 bits per heavy atom. The van der Waals surface area contributed by atoms with Gasteiger partial charge in [-0.3, -0.25) is 14.9 Å². The van der Waals surface area contributed by atoms with Gasteiger partial charge in [0, 0.05) is 12.6 Å². The first kappa shape index (κ1) is 16.2. The fourth-order valence-corrected chi connectivity index (χ4v) is 2.67. The predicted molar refractivity (Wildman–Crippen MR) is 80.1 cm³/mol. The molecule has 0 bridgehead atoms. The standard InChI is InChI=1S/C14H19FN4O3/c1-2-18-5-3-4-10(8-18)17-14(20)11-6-9(15)7-12(13(11)16)19(21)22/h6-7,10H,2-5,8,16H2,1H3,(H,17,20)/t10-/m0/s1. The number of nitro groups is 1. The maximum Gasteiger partial charge on any atom is 0.295 e. The molecule has 0 saturated carbocycles. The molecule has 1 atom stereocenters. The number of nitro benzene ring substituents is 1. The molecule has 1 fully saturated rings. The van der Waals surface area contributed by atoms with Crippen molar-refractivity contribution in [2.24, 2.45) is 0 Å². The average Bonchev–Trinajstić information content (AvgIpc) is 2.49. The Hall–Kier alpha value is -2.22. The number of nitrogens with zero attached hydrogens (tertiary/aromatic N) is 2. The zero-order chi connectivity index (χ0) is 16.3. The van der Waals surface area contributed by atoms with Gasteiger partial charge in [0.15, 0.2) is 0 Å². The maximum atomic E-state index is 13.5. The summed E-state index contributed by atoms with van der Waals surface area (Å²) < 4.78 is 13.5. The van der Waals surface area contributed by atoms with Crippen molar-refractivity contribution in [3.63, 3.8) is 0 Å². The minimum absolute atomic E-state index is 0.0667. The number of nitrogens with one attached hydrogen (secondary N) is 1. The molecule has 1 saturated heterocycles. The lowest BCUT2D eigenvalue weighted by Crippen LogP contribution is -2.47. The summed E-state index contributed by atoms with van der Waals surface area (Å²) in [5.74, 6) is -1.44. The molecular formula is C14H19FN4O3. The van der Waals surface area contributed by atoms with E-state index in [1.807, 2.05) is 6.92 Å². The van der Waals surface area contributed by atoms with E-state index in [4.69, 9.17) is 5.73 Å². The summed E-state index contributed by atoms with van der Waals surface area (Å²) in [4.78, 5) is 24.5. The Kier molecular flexibility index (Phi) is 4.92. The molecule has 120 valence electrons. The summed E-state index contributed by atoms with van der Waals surface area (Å²) in [6, 6.07) is 1.58. The quantitative estimate of drug-likeness (QED) is 0.499. The van der Waals surface area contributed by atoms with Gasteiger partial charge in [-0.05, 0) is 32.0 Å². The van der Waals surface area contributed by atoms with Crippen molar-refractivity contribution in [2.75, 3.05) is 25.4 Å². The van der Waals surface area contributed by atoms with E-state index in [2.05, 4.69) is 10.2 Å². The van der Waals surface area contributed by atoms with Gasteiger partial charge in [-0.15, -0.1) is 0 Å². The average molecular weight is 310 g/mol. The maximum absolute atomic E-state index is 13.5. The Bertz CT molecular complexity index is 594. The van der Waals surface area contributed by atoms with Gasteiger partial charge in [0.05, 0.1) is 16.6 Å². The highest BCUT2D eigenvalue weighted by atomic mass is 19.1. The van der Waals surface area contributed by atoms with E-state index in [1.165, 1.54) is 0 Å². The fraction of sp³-hybridized carbons (Fsp3) is 0.500. The topological polar surface area (TPSA) is 102 Å². The van der Waals surface area contributed by atoms with Crippen LogP contribution in [0.5, 0.6) is 0 Å². The molecule has 8 heteroatoms. The van der Waals surface area contributed by atoms with Crippen LogP contribution in [0.1, 0.15) is 30.1 Å². The first-order chi connectivity index (χ1) is 10.4. The highest BCUT2D eigenvalue weighted by Gasteiger charge is 2.25. The molecule has 1 aliphatic rings. The zero-order valence-corrected chi connectivity index (χ0v) is 12.3. The van der Waals surface area contributed by atoms with Crippen molar-refractivity contribution in [2.45, 2.75) is 25.8 Å². The van der Waals surface area contributed by atoms with Gasteiger partial charge >= 0.3 is 0 Å². The lowest BCUT2D eigenvalue weighted by atomic mass is 10.0. The van der Waals surface area contributed by atoms with Crippen LogP contribution in [-0.4, -0.2) is 41.4 Å². The Morgan fingerprint density at radius 1 is 1.59 bits per heavy atom. The van der Waals surface area contributed by atoms with Crippen LogP contribution in [0.25, 0.3) is 0 Å². The monoisotopic (exact) mass is 310 g/mol. The number of likely N-dealkylation sites (tertiary alicyclic amines) is 1. The molecule has 0 aromatic heterocycles. The third kappa shape index (κ3) is 3.51. The number of carbonyl (C=O) groups is 1. The fourth-order valence-electron chi connectivity index (χ4n) is 2.67. The summed E-state index contributed by atoms with van der Waals surface area (Å²) >= 11 is 0. The van der Waals surface area contributed by atoms with Crippen LogP contribution in [0.3, 0.4) is 0 Å². The number of benzene rings is 1. The second kappa shape index (κ2) is 6.69. The molecule has 0 unspecified atom stereocenters. The molecule has 1 aromatic carbocycles. The number of nitrogens with two attached hydrogens (primary N) is 1. The van der Waals surface area contributed by atoms with Crippen LogP contribution in [0, 0.1) is 15.9 Å². The number of nitrogen functional groups attached to an aromatic ring is 1. The van der Waals surface area contributed by atoms with Crippen molar-refractivity contribution < 1.29 is 14.1 Å². The van der Waals surface area contributed by atoms with E-state index < -0.39 is 22.3 Å². The van der Waals surface area contributed by atoms with Gasteiger partial charge in [0.1, 0.15) is 11.5 Å². The van der Waals surface area contributed by atoms with Gasteiger partial charge in [-0.2, -0.15) is 0 Å². The van der Waals surface area contributed by atoms with Crippen molar-refractivity contribution in [1.82, 2.24) is 10.2 Å². The lowest BCUT2D eigenvalue weighted by Gasteiger charge is -2.32. The van der Waals surface area contributed by atoms with Crippen LogP contribution >= 0.6 is 0 Å². The number of carbonyl (C=O) groups excluding carboxylic acids is 1. The first-order valence-corrected chi connectivity index (χ1v) is 7.19. The van der Waals surface area contributed by atoms with E-state index >= 15 is 0 Å². The van der Waals surface area contributed by atoms with Crippen LogP contribution < -0.4 is 11.1 Å². The van der Waals surface area contributed by atoms with Crippen molar-refractivity contribution >= 4 is 17.3 Å². The highest BCUT2D eigenvalue weighted by molar-refractivity contribution is 6.01. The van der Waals surface area contributed by atoms with Crippen LogP contribution in [0.15, 0.2) is 12.1 Å². The van der Waals surface area contributed by atoms with Crippen molar-refractivity contribution in [3.8, 4) is 0 Å². The number of amides is 1. The molecule has 22 heavy (non-hydrogen) atoms. The van der Waals surface area contributed by atoms with Crippen LogP contribution in [0.2, 0.25) is 0 Å². The Morgan fingerprint density at radius 2 is 2.32 bits per heavy atom. The highest BCUT2D eigenvalue weighted by Crippen LogP contribution is 2.27. The third-order valence-electron chi connectivity index (χ3n) is 3.85. The van der Waals surface area contributed by atoms with E-state index in [0.717, 1.165) is 32.0 Å². The van der Waals surface area contributed by atoms with Crippen molar-refractivity contribution in [3.05, 3.63) is 33.6 Å². The molecule has 1 aromatic rings. The smallest absolute Gasteiger partial charge is 0.295 e. The van der Waals surface area contributed by atoms with E-state index in [1.54, 1.807) is 0 Å². The van der Waals surface area contributed by atoms with E-state index in [-0.39, 0.29) is 17.3 Å². The number of hydrogen-bond acceptors (Lipinski definition) is 5. The summed E-state index contributed by atoms with van der Waals surface area (Å²) in [5, 5.41) is 13.6. The SMILES string of the molecule is CCN1CCC[C@H](NC(=O)c2cc(F)cc([N+](=O)[O-])c2N)C1. The van der Waals surface area contributed by atoms with E-state index in [0.29, 0.717) is 12.6 Å². The Labute approximate surface area is 127 Å². The molecule has 0 spiro atoms. The second-order valence-electron chi connectivity index (χ2n) is 5.35. The third-order valence-corrected chi connectivity index (χ3v) is 3.85. The van der Waals surface area contributed by atoms with Gasteiger partial charge < -0.3 is 16.0 Å². The molecule has 2 rings (SSSR count). The molecule has 0 radical (unpaired) electrons. The van der Waals surface area contributed by atoms with E-state index in [9.17, 15) is 19.3 Å². The van der Waals surface area contributed by atoms with Gasteiger partial charge in [0.2, 0.25) is 0 Å². The molecule has 1 heterocycles.